The number of rotatable bonds is 7. The van der Waals surface area contributed by atoms with Gasteiger partial charge in [0.1, 0.15) is 5.82 Å². The number of likely N-dealkylation sites (tertiary alicyclic amines) is 1. The van der Waals surface area contributed by atoms with Gasteiger partial charge in [-0.05, 0) is 63.4 Å². The molecular weight excluding hydrogens is 345 g/mol. The van der Waals surface area contributed by atoms with Crippen LogP contribution in [0.4, 0.5) is 4.39 Å². The fraction of sp³-hybridized carbons (Fsp3) is 0.600. The second-order valence-corrected chi connectivity index (χ2v) is 7.27. The van der Waals surface area contributed by atoms with Crippen LogP contribution in [0.5, 0.6) is 0 Å². The molecule has 150 valence electrons. The summed E-state index contributed by atoms with van der Waals surface area (Å²) in [4.78, 5) is 17.9. The van der Waals surface area contributed by atoms with Crippen LogP contribution in [0.25, 0.3) is 0 Å². The van der Waals surface area contributed by atoms with E-state index in [1.165, 1.54) is 0 Å². The fourth-order valence-corrected chi connectivity index (χ4v) is 3.36. The maximum atomic E-state index is 13.8. The van der Waals surface area contributed by atoms with E-state index < -0.39 is 0 Å². The van der Waals surface area contributed by atoms with Gasteiger partial charge in [0.25, 0.3) is 0 Å². The number of piperidine rings is 1. The van der Waals surface area contributed by atoms with E-state index in [0.717, 1.165) is 51.0 Å². The highest BCUT2D eigenvalue weighted by Gasteiger charge is 2.23. The molecule has 2 rings (SSSR count). The zero-order chi connectivity index (χ0) is 19.8. The third-order valence-corrected chi connectivity index (χ3v) is 5.12. The number of hydrogen-bond acceptors (Lipinski definition) is 3. The summed E-state index contributed by atoms with van der Waals surface area (Å²) in [5.41, 5.74) is 6.95. The zero-order valence-corrected chi connectivity index (χ0v) is 16.6. The molecular formula is C20H32FN5O. The van der Waals surface area contributed by atoms with Crippen LogP contribution in [-0.4, -0.2) is 50.0 Å². The first-order chi connectivity index (χ1) is 12.9. The summed E-state index contributed by atoms with van der Waals surface area (Å²) in [7, 11) is 1.72. The molecule has 0 spiro atoms. The summed E-state index contributed by atoms with van der Waals surface area (Å²) in [6.45, 7) is 7.21. The number of benzene rings is 1. The molecule has 1 fully saturated rings. The van der Waals surface area contributed by atoms with Crippen molar-refractivity contribution in [2.24, 2.45) is 16.6 Å². The van der Waals surface area contributed by atoms with Gasteiger partial charge in [-0.25, -0.2) is 4.39 Å². The first-order valence-corrected chi connectivity index (χ1v) is 9.65. The largest absolute Gasteiger partial charge is 0.369 e. The van der Waals surface area contributed by atoms with Gasteiger partial charge in [-0.2, -0.15) is 0 Å². The van der Waals surface area contributed by atoms with E-state index in [-0.39, 0.29) is 23.7 Å². The number of carbonyl (C=O) groups is 1. The van der Waals surface area contributed by atoms with Crippen LogP contribution in [0.15, 0.2) is 23.2 Å². The summed E-state index contributed by atoms with van der Waals surface area (Å²) in [6.07, 6.45) is 2.87. The molecule has 1 amide bonds. The predicted molar refractivity (Wildman–Crippen MR) is 107 cm³/mol. The Labute approximate surface area is 161 Å². The number of nitrogens with two attached hydrogens (primary N) is 1. The molecule has 0 aliphatic carbocycles. The normalized spacial score (nSPS) is 19.6. The number of carbonyl (C=O) groups excluding carboxylic acids is 1. The van der Waals surface area contributed by atoms with Crippen molar-refractivity contribution in [3.63, 3.8) is 0 Å². The number of primary amides is 1. The number of amides is 1. The Morgan fingerprint density at radius 2 is 2.26 bits per heavy atom. The Hall–Kier alpha value is -2.15. The van der Waals surface area contributed by atoms with Gasteiger partial charge in [0.05, 0.1) is 12.0 Å². The first-order valence-electron chi connectivity index (χ1n) is 9.65. The third kappa shape index (κ3) is 6.50. The maximum absolute atomic E-state index is 13.8. The Bertz CT molecular complexity index is 664. The van der Waals surface area contributed by atoms with Crippen molar-refractivity contribution in [2.45, 2.75) is 39.2 Å². The number of aliphatic imine (C=N–C) groups is 1. The Kier molecular flexibility index (Phi) is 8.03. The molecule has 0 saturated carbocycles. The predicted octanol–water partition coefficient (Wildman–Crippen LogP) is 1.95. The van der Waals surface area contributed by atoms with Crippen molar-refractivity contribution in [1.82, 2.24) is 15.5 Å². The summed E-state index contributed by atoms with van der Waals surface area (Å²) in [5, 5.41) is 6.58. The molecule has 0 radical (unpaired) electrons. The van der Waals surface area contributed by atoms with Crippen molar-refractivity contribution in [3.8, 4) is 0 Å². The number of guanidine groups is 1. The van der Waals surface area contributed by atoms with Crippen molar-refractivity contribution >= 4 is 11.9 Å². The van der Waals surface area contributed by atoms with E-state index in [9.17, 15) is 9.18 Å². The minimum Gasteiger partial charge on any atom is -0.369 e. The lowest BCUT2D eigenvalue weighted by atomic mass is 9.97. The molecule has 2 atom stereocenters. The SMILES string of the molecule is CN=C(NCCCN1CCCC(C(N)=O)C1)NC(C)c1ccc(C)c(F)c1. The summed E-state index contributed by atoms with van der Waals surface area (Å²) >= 11 is 0. The Morgan fingerprint density at radius 3 is 2.93 bits per heavy atom. The quantitative estimate of drug-likeness (QED) is 0.385. The molecule has 1 aromatic carbocycles. The van der Waals surface area contributed by atoms with Crippen LogP contribution in [-0.2, 0) is 4.79 Å². The minimum absolute atomic E-state index is 0.0168. The highest BCUT2D eigenvalue weighted by atomic mass is 19.1. The molecule has 4 N–H and O–H groups in total. The topological polar surface area (TPSA) is 82.8 Å². The molecule has 0 bridgehead atoms. The first kappa shape index (κ1) is 21.2. The molecule has 0 aromatic heterocycles. The zero-order valence-electron chi connectivity index (χ0n) is 16.6. The summed E-state index contributed by atoms with van der Waals surface area (Å²) in [6, 6.07) is 5.22. The lowest BCUT2D eigenvalue weighted by Crippen LogP contribution is -2.43. The van der Waals surface area contributed by atoms with Gasteiger partial charge in [-0.15, -0.1) is 0 Å². The summed E-state index contributed by atoms with van der Waals surface area (Å²) < 4.78 is 13.8. The van der Waals surface area contributed by atoms with Crippen LogP contribution in [0.2, 0.25) is 0 Å². The average molecular weight is 378 g/mol. The van der Waals surface area contributed by atoms with Gasteiger partial charge < -0.3 is 21.3 Å². The van der Waals surface area contributed by atoms with Crippen molar-refractivity contribution < 1.29 is 9.18 Å². The van der Waals surface area contributed by atoms with Gasteiger partial charge in [-0.1, -0.05) is 12.1 Å². The van der Waals surface area contributed by atoms with E-state index in [1.54, 1.807) is 26.1 Å². The van der Waals surface area contributed by atoms with Crippen LogP contribution in [0.3, 0.4) is 0 Å². The third-order valence-electron chi connectivity index (χ3n) is 5.12. The smallest absolute Gasteiger partial charge is 0.221 e. The molecule has 1 aliphatic heterocycles. The lowest BCUT2D eigenvalue weighted by Gasteiger charge is -2.31. The van der Waals surface area contributed by atoms with E-state index in [0.29, 0.717) is 11.5 Å². The monoisotopic (exact) mass is 377 g/mol. The Balaban J connectivity index is 1.73. The van der Waals surface area contributed by atoms with Gasteiger partial charge in [-0.3, -0.25) is 9.79 Å². The average Bonchev–Trinajstić information content (AvgIpc) is 2.66. The van der Waals surface area contributed by atoms with Crippen LogP contribution in [0.1, 0.15) is 43.4 Å². The van der Waals surface area contributed by atoms with E-state index in [4.69, 9.17) is 5.73 Å². The van der Waals surface area contributed by atoms with E-state index >= 15 is 0 Å². The molecule has 7 heteroatoms. The molecule has 6 nitrogen and oxygen atoms in total. The van der Waals surface area contributed by atoms with Gasteiger partial charge >= 0.3 is 0 Å². The minimum atomic E-state index is -0.195. The van der Waals surface area contributed by atoms with Crippen molar-refractivity contribution in [1.29, 1.82) is 0 Å². The molecule has 1 heterocycles. The van der Waals surface area contributed by atoms with Gasteiger partial charge in [0.2, 0.25) is 5.91 Å². The van der Waals surface area contributed by atoms with Crippen LogP contribution >= 0.6 is 0 Å². The molecule has 1 saturated heterocycles. The van der Waals surface area contributed by atoms with Crippen LogP contribution < -0.4 is 16.4 Å². The maximum Gasteiger partial charge on any atom is 0.221 e. The molecule has 1 aromatic rings. The number of nitrogens with zero attached hydrogens (tertiary/aromatic N) is 2. The lowest BCUT2D eigenvalue weighted by molar-refractivity contribution is -0.123. The van der Waals surface area contributed by atoms with Crippen molar-refractivity contribution in [3.05, 3.63) is 35.1 Å². The second kappa shape index (κ2) is 10.3. The highest BCUT2D eigenvalue weighted by Crippen LogP contribution is 2.17. The molecule has 27 heavy (non-hydrogen) atoms. The van der Waals surface area contributed by atoms with Crippen LogP contribution in [0, 0.1) is 18.7 Å². The highest BCUT2D eigenvalue weighted by molar-refractivity contribution is 5.80. The van der Waals surface area contributed by atoms with Crippen molar-refractivity contribution in [2.75, 3.05) is 33.2 Å². The Morgan fingerprint density at radius 1 is 1.48 bits per heavy atom. The fourth-order valence-electron chi connectivity index (χ4n) is 3.36. The number of hydrogen-bond donors (Lipinski definition) is 3. The molecule has 2 unspecified atom stereocenters. The van der Waals surface area contributed by atoms with E-state index in [1.807, 2.05) is 13.0 Å². The number of aryl methyl sites for hydroxylation is 1. The van der Waals surface area contributed by atoms with E-state index in [2.05, 4.69) is 20.5 Å². The van der Waals surface area contributed by atoms with Gasteiger partial charge in [0.15, 0.2) is 5.96 Å². The molecule has 1 aliphatic rings. The second-order valence-electron chi connectivity index (χ2n) is 7.27. The summed E-state index contributed by atoms with van der Waals surface area (Å²) in [5.74, 6) is 0.290. The standard InChI is InChI=1S/C20H32FN5O/c1-14-7-8-16(12-18(14)21)15(2)25-20(23-3)24-9-5-11-26-10-4-6-17(13-26)19(22)27/h7-8,12,15,17H,4-6,9-11,13H2,1-3H3,(H2,22,27)(H2,23,24,25). The van der Waals surface area contributed by atoms with Gasteiger partial charge in [0, 0.05) is 20.1 Å². The number of nitrogens with one attached hydrogen (secondary N) is 2. The number of halogens is 1.